The molecule has 0 aliphatic heterocycles. The van der Waals surface area contributed by atoms with Gasteiger partial charge in [-0.05, 0) is 5.19 Å². The highest BCUT2D eigenvalue weighted by molar-refractivity contribution is 7.25. The van der Waals surface area contributed by atoms with Gasteiger partial charge in [0.15, 0.2) is 0 Å². The number of hydrogen-bond acceptors (Lipinski definition) is 2. The Morgan fingerprint density at radius 3 is 2.00 bits per heavy atom. The van der Waals surface area contributed by atoms with Crippen molar-refractivity contribution in [2.24, 2.45) is 0 Å². The highest BCUT2D eigenvalue weighted by Crippen LogP contribution is 1.96. The van der Waals surface area contributed by atoms with Gasteiger partial charge in [-0.2, -0.15) is 0 Å². The highest BCUT2D eigenvalue weighted by Gasteiger charge is 2.28. The third kappa shape index (κ3) is 1.51. The molecule has 1 rings (SSSR count). The van der Waals surface area contributed by atoms with Crippen molar-refractivity contribution in [3.63, 3.8) is 0 Å². The number of carbonyl (C=O) groups excluding carboxylic acids is 2. The lowest BCUT2D eigenvalue weighted by Crippen LogP contribution is -2.48. The van der Waals surface area contributed by atoms with Crippen molar-refractivity contribution in [1.82, 2.24) is 0 Å². The fourth-order valence-corrected chi connectivity index (χ4v) is 2.20. The van der Waals surface area contributed by atoms with E-state index in [-0.39, 0.29) is 0 Å². The third-order valence-electron chi connectivity index (χ3n) is 1.89. The molecule has 0 aliphatic rings. The van der Waals surface area contributed by atoms with Crippen LogP contribution in [0.3, 0.4) is 0 Å². The summed E-state index contributed by atoms with van der Waals surface area (Å²) in [4.78, 5) is 21.4. The van der Waals surface area contributed by atoms with Crippen LogP contribution >= 0.6 is 0 Å². The van der Waals surface area contributed by atoms with E-state index in [4.69, 9.17) is 0 Å². The number of rotatable bonds is 3. The lowest BCUT2D eigenvalue weighted by Gasteiger charge is -2.11. The summed E-state index contributed by atoms with van der Waals surface area (Å²) in [6, 6.07) is 9.21. The molecule has 0 fully saturated rings. The van der Waals surface area contributed by atoms with Gasteiger partial charge in [0.05, 0.1) is 0 Å². The minimum absolute atomic E-state index is 0.801. The Balaban J connectivity index is 3.11. The number of carbonyl (C=O) groups is 2. The zero-order valence-electron chi connectivity index (χ0n) is 6.86. The molecule has 0 atom stereocenters. The number of hydrogen-bond donors (Lipinski definition) is 0. The molecule has 0 amide bonds. The smallest absolute Gasteiger partial charge is 0.226 e. The summed E-state index contributed by atoms with van der Waals surface area (Å²) in [5.74, 6) is 1.60. The molecule has 0 aromatic heterocycles. The third-order valence-corrected chi connectivity index (χ3v) is 4.44. The fourth-order valence-electron chi connectivity index (χ4n) is 0.961. The summed E-state index contributed by atoms with van der Waals surface area (Å²) in [6.07, 6.45) is 0. The van der Waals surface area contributed by atoms with Crippen LogP contribution < -0.4 is 5.19 Å². The SMILES string of the molecule is C[Si](C=O)(C=O)c1ccccc1. The van der Waals surface area contributed by atoms with Crippen molar-refractivity contribution in [3.05, 3.63) is 30.3 Å². The average molecular weight is 178 g/mol. The van der Waals surface area contributed by atoms with Crippen molar-refractivity contribution in [3.8, 4) is 0 Å². The predicted molar refractivity (Wildman–Crippen MR) is 51.2 cm³/mol. The van der Waals surface area contributed by atoms with Gasteiger partial charge in [0.25, 0.3) is 0 Å². The zero-order chi connectivity index (χ0) is 9.03. The molecule has 0 N–H and O–H groups in total. The highest BCUT2D eigenvalue weighted by atomic mass is 28.3. The van der Waals surface area contributed by atoms with Gasteiger partial charge in [0.1, 0.15) is 11.8 Å². The maximum atomic E-state index is 10.7. The molecule has 0 radical (unpaired) electrons. The van der Waals surface area contributed by atoms with E-state index in [0.717, 1.165) is 17.0 Å². The standard InChI is InChI=1S/C9H10O2Si/c1-12(7-10,8-11)9-5-3-2-4-6-9/h2-8H,1H3. The molecule has 0 unspecified atom stereocenters. The summed E-state index contributed by atoms with van der Waals surface area (Å²) in [5, 5.41) is 0.870. The molecule has 62 valence electrons. The van der Waals surface area contributed by atoms with E-state index in [1.165, 1.54) is 0 Å². The number of benzene rings is 1. The summed E-state index contributed by atoms with van der Waals surface area (Å²) >= 11 is 0. The molecule has 1 aromatic carbocycles. The molecule has 0 saturated heterocycles. The molecule has 0 bridgehead atoms. The molecule has 3 heteroatoms. The van der Waals surface area contributed by atoms with Crippen molar-refractivity contribution < 1.29 is 9.59 Å². The minimum atomic E-state index is -2.43. The molecule has 0 spiro atoms. The van der Waals surface area contributed by atoms with Crippen LogP contribution in [0.5, 0.6) is 0 Å². The van der Waals surface area contributed by atoms with E-state index in [1.54, 1.807) is 6.55 Å². The Labute approximate surface area is 72.2 Å². The van der Waals surface area contributed by atoms with E-state index in [9.17, 15) is 9.59 Å². The van der Waals surface area contributed by atoms with Crippen molar-refractivity contribution in [2.45, 2.75) is 6.55 Å². The summed E-state index contributed by atoms with van der Waals surface area (Å²) in [7, 11) is -2.43. The normalized spacial score (nSPS) is 10.8. The minimum Gasteiger partial charge on any atom is -0.308 e. The monoisotopic (exact) mass is 178 g/mol. The van der Waals surface area contributed by atoms with Gasteiger partial charge in [0.2, 0.25) is 8.07 Å². The Hall–Kier alpha value is -1.22. The van der Waals surface area contributed by atoms with Gasteiger partial charge in [-0.25, -0.2) is 0 Å². The maximum Gasteiger partial charge on any atom is 0.226 e. The van der Waals surface area contributed by atoms with Crippen molar-refractivity contribution >= 4 is 25.1 Å². The van der Waals surface area contributed by atoms with Crippen LogP contribution in [0.4, 0.5) is 0 Å². The second kappa shape index (κ2) is 3.45. The van der Waals surface area contributed by atoms with Crippen LogP contribution in [0.25, 0.3) is 0 Å². The molecular weight excluding hydrogens is 168 g/mol. The van der Waals surface area contributed by atoms with Crippen LogP contribution in [0, 0.1) is 0 Å². The van der Waals surface area contributed by atoms with Crippen LogP contribution in [0.1, 0.15) is 0 Å². The first kappa shape index (κ1) is 8.87. The van der Waals surface area contributed by atoms with Gasteiger partial charge in [-0.15, -0.1) is 0 Å². The molecule has 2 nitrogen and oxygen atoms in total. The Kier molecular flexibility index (Phi) is 2.55. The first-order valence-corrected chi connectivity index (χ1v) is 6.36. The largest absolute Gasteiger partial charge is 0.308 e. The first-order valence-electron chi connectivity index (χ1n) is 3.71. The lowest BCUT2D eigenvalue weighted by atomic mass is 10.4. The summed E-state index contributed by atoms with van der Waals surface area (Å²) < 4.78 is 0. The summed E-state index contributed by atoms with van der Waals surface area (Å²) in [5.41, 5.74) is 0. The van der Waals surface area contributed by atoms with Gasteiger partial charge < -0.3 is 9.59 Å². The Morgan fingerprint density at radius 2 is 1.58 bits per heavy atom. The van der Waals surface area contributed by atoms with Gasteiger partial charge in [-0.3, -0.25) is 0 Å². The lowest BCUT2D eigenvalue weighted by molar-refractivity contribution is 0.562. The van der Waals surface area contributed by atoms with E-state index in [0.29, 0.717) is 0 Å². The van der Waals surface area contributed by atoms with Crippen molar-refractivity contribution in [2.75, 3.05) is 0 Å². The molecule has 12 heavy (non-hydrogen) atoms. The van der Waals surface area contributed by atoms with Gasteiger partial charge >= 0.3 is 0 Å². The quantitative estimate of drug-likeness (QED) is 0.499. The maximum absolute atomic E-state index is 10.7. The average Bonchev–Trinajstić information content (AvgIpc) is 2.18. The molecule has 0 aliphatic carbocycles. The molecule has 0 heterocycles. The van der Waals surface area contributed by atoms with Crippen molar-refractivity contribution in [1.29, 1.82) is 0 Å². The molecule has 0 saturated carbocycles. The van der Waals surface area contributed by atoms with E-state index >= 15 is 0 Å². The Morgan fingerprint density at radius 1 is 1.08 bits per heavy atom. The van der Waals surface area contributed by atoms with Gasteiger partial charge in [0, 0.05) is 0 Å². The van der Waals surface area contributed by atoms with Gasteiger partial charge in [-0.1, -0.05) is 36.9 Å². The van der Waals surface area contributed by atoms with Crippen LogP contribution in [-0.4, -0.2) is 19.9 Å². The van der Waals surface area contributed by atoms with E-state index < -0.39 is 8.07 Å². The first-order chi connectivity index (χ1) is 5.73. The zero-order valence-corrected chi connectivity index (χ0v) is 7.86. The molecular formula is C9H10O2Si. The second-order valence-electron chi connectivity index (χ2n) is 2.88. The van der Waals surface area contributed by atoms with E-state index in [2.05, 4.69) is 0 Å². The van der Waals surface area contributed by atoms with E-state index in [1.807, 2.05) is 30.3 Å². The fraction of sp³-hybridized carbons (Fsp3) is 0.111. The van der Waals surface area contributed by atoms with Crippen LogP contribution in [0.15, 0.2) is 30.3 Å². The van der Waals surface area contributed by atoms with Crippen LogP contribution in [-0.2, 0) is 9.59 Å². The second-order valence-corrected chi connectivity index (χ2v) is 6.50. The Bertz CT molecular complexity index is 274. The predicted octanol–water partition coefficient (Wildman–Crippen LogP) is 0.516. The molecule has 1 aromatic rings. The topological polar surface area (TPSA) is 34.1 Å². The van der Waals surface area contributed by atoms with Crippen LogP contribution in [0.2, 0.25) is 6.55 Å². The summed E-state index contributed by atoms with van der Waals surface area (Å²) in [6.45, 7) is 1.74.